The van der Waals surface area contributed by atoms with Crippen LogP contribution in [0, 0.1) is 5.82 Å². The van der Waals surface area contributed by atoms with Gasteiger partial charge in [-0.2, -0.15) is 13.2 Å². The van der Waals surface area contributed by atoms with Crippen LogP contribution in [0.5, 0.6) is 0 Å². The van der Waals surface area contributed by atoms with E-state index in [9.17, 15) is 22.4 Å². The van der Waals surface area contributed by atoms with E-state index < -0.39 is 29.1 Å². The van der Waals surface area contributed by atoms with E-state index in [1.807, 2.05) is 0 Å². The van der Waals surface area contributed by atoms with Crippen molar-refractivity contribution in [2.45, 2.75) is 24.4 Å². The average Bonchev–Trinajstić information content (AvgIpc) is 3.46. The second kappa shape index (κ2) is 8.38. The summed E-state index contributed by atoms with van der Waals surface area (Å²) in [6.07, 6.45) is -1.69. The maximum atomic E-state index is 14.6. The molecule has 1 amide bonds. The number of aromatic amines is 1. The number of H-pyrrole nitrogens is 1. The van der Waals surface area contributed by atoms with Crippen molar-refractivity contribution >= 4 is 23.2 Å². The number of aromatic nitrogens is 6. The van der Waals surface area contributed by atoms with Crippen molar-refractivity contribution in [1.29, 1.82) is 0 Å². The van der Waals surface area contributed by atoms with Crippen LogP contribution in [0.25, 0.3) is 22.5 Å². The SMILES string of the molecule is O=C(Nc1ccc(-c2cnc(C(F)(F)F)nc2)c(-c2nnn[nH]2)c1)C1(c2cccc(Cl)c2F)CC1. The monoisotopic (exact) mass is 503 g/mol. The van der Waals surface area contributed by atoms with Crippen LogP contribution < -0.4 is 5.32 Å². The Morgan fingerprint density at radius 1 is 1.09 bits per heavy atom. The van der Waals surface area contributed by atoms with Gasteiger partial charge in [0.25, 0.3) is 0 Å². The minimum absolute atomic E-state index is 0.0650. The normalized spacial score (nSPS) is 14.5. The molecular weight excluding hydrogens is 490 g/mol. The lowest BCUT2D eigenvalue weighted by atomic mass is 9.94. The molecule has 0 bridgehead atoms. The molecule has 0 saturated heterocycles. The van der Waals surface area contributed by atoms with Crippen LogP contribution in [0.2, 0.25) is 5.02 Å². The topological polar surface area (TPSA) is 109 Å². The van der Waals surface area contributed by atoms with Gasteiger partial charge in [-0.3, -0.25) is 4.79 Å². The van der Waals surface area contributed by atoms with Gasteiger partial charge in [0.15, 0.2) is 5.82 Å². The summed E-state index contributed by atoms with van der Waals surface area (Å²) in [6.45, 7) is 0. The summed E-state index contributed by atoms with van der Waals surface area (Å²) in [4.78, 5) is 19.9. The van der Waals surface area contributed by atoms with Crippen LogP contribution in [0.3, 0.4) is 0 Å². The van der Waals surface area contributed by atoms with Gasteiger partial charge in [-0.05, 0) is 47.0 Å². The standard InChI is InChI=1S/C22H14ClF4N7O/c23-16-3-1-2-15(17(16)24)21(6-7-21)20(35)30-12-4-5-13(14(8-12)18-31-33-34-32-18)11-9-28-19(29-10-11)22(25,26)27/h1-5,8-10H,6-7H2,(H,30,35)(H,31,32,33,34). The Labute approximate surface area is 199 Å². The first-order valence-electron chi connectivity index (χ1n) is 10.2. The van der Waals surface area contributed by atoms with Crippen LogP contribution in [0.15, 0.2) is 48.8 Å². The fourth-order valence-corrected chi connectivity index (χ4v) is 4.00. The molecule has 13 heteroatoms. The smallest absolute Gasteiger partial charge is 0.325 e. The van der Waals surface area contributed by atoms with Crippen LogP contribution in [0.4, 0.5) is 23.2 Å². The molecule has 1 aliphatic carbocycles. The lowest BCUT2D eigenvalue weighted by molar-refractivity contribution is -0.145. The number of hydrogen-bond donors (Lipinski definition) is 2. The van der Waals surface area contributed by atoms with E-state index in [-0.39, 0.29) is 22.0 Å². The zero-order valence-corrected chi connectivity index (χ0v) is 18.3. The van der Waals surface area contributed by atoms with E-state index in [2.05, 4.69) is 35.9 Å². The van der Waals surface area contributed by atoms with E-state index in [1.165, 1.54) is 12.1 Å². The number of nitrogens with zero attached hydrogens (tertiary/aromatic N) is 5. The van der Waals surface area contributed by atoms with Crippen molar-refractivity contribution in [2.24, 2.45) is 0 Å². The first-order chi connectivity index (χ1) is 16.7. The molecule has 2 aromatic heterocycles. The number of nitrogens with one attached hydrogen (secondary N) is 2. The van der Waals surface area contributed by atoms with Crippen molar-refractivity contribution in [3.63, 3.8) is 0 Å². The van der Waals surface area contributed by atoms with E-state index in [0.717, 1.165) is 12.4 Å². The summed E-state index contributed by atoms with van der Waals surface area (Å²) in [5.41, 5.74) is 0.629. The molecule has 8 nitrogen and oxygen atoms in total. The Kier molecular flexibility index (Phi) is 5.47. The lowest BCUT2D eigenvalue weighted by Crippen LogP contribution is -2.28. The first kappa shape index (κ1) is 22.8. The third-order valence-electron chi connectivity index (χ3n) is 5.75. The summed E-state index contributed by atoms with van der Waals surface area (Å²) >= 11 is 5.90. The van der Waals surface area contributed by atoms with Gasteiger partial charge in [-0.25, -0.2) is 19.5 Å². The fourth-order valence-electron chi connectivity index (χ4n) is 3.82. The number of benzene rings is 2. The third kappa shape index (κ3) is 4.20. The number of hydrogen-bond acceptors (Lipinski definition) is 6. The predicted octanol–water partition coefficient (Wildman–Crippen LogP) is 4.81. The van der Waals surface area contributed by atoms with Gasteiger partial charge >= 0.3 is 6.18 Å². The summed E-state index contributed by atoms with van der Waals surface area (Å²) < 4.78 is 53.1. The van der Waals surface area contributed by atoms with Crippen LogP contribution in [-0.4, -0.2) is 36.5 Å². The second-order valence-corrected chi connectivity index (χ2v) is 8.35. The molecule has 178 valence electrons. The van der Waals surface area contributed by atoms with Gasteiger partial charge in [0.05, 0.1) is 10.4 Å². The van der Waals surface area contributed by atoms with Gasteiger partial charge in [0.1, 0.15) is 5.82 Å². The van der Waals surface area contributed by atoms with E-state index in [1.54, 1.807) is 24.3 Å². The highest BCUT2D eigenvalue weighted by Crippen LogP contribution is 2.50. The quantitative estimate of drug-likeness (QED) is 0.378. The minimum atomic E-state index is -4.68. The Morgan fingerprint density at radius 2 is 1.83 bits per heavy atom. The molecule has 35 heavy (non-hydrogen) atoms. The Bertz CT molecular complexity index is 1400. The number of carbonyl (C=O) groups excluding carboxylic acids is 1. The molecule has 1 saturated carbocycles. The largest absolute Gasteiger partial charge is 0.451 e. The van der Waals surface area contributed by atoms with Crippen molar-refractivity contribution in [3.05, 3.63) is 71.0 Å². The highest BCUT2D eigenvalue weighted by molar-refractivity contribution is 6.30. The first-order valence-corrected chi connectivity index (χ1v) is 10.6. The number of amides is 1. The Morgan fingerprint density at radius 3 is 2.46 bits per heavy atom. The number of anilines is 1. The zero-order valence-electron chi connectivity index (χ0n) is 17.6. The molecule has 5 rings (SSSR count). The number of rotatable bonds is 5. The van der Waals surface area contributed by atoms with Gasteiger partial charge in [-0.15, -0.1) is 5.10 Å². The van der Waals surface area contributed by atoms with Gasteiger partial charge < -0.3 is 5.32 Å². The number of carbonyl (C=O) groups is 1. The Hall–Kier alpha value is -3.93. The van der Waals surface area contributed by atoms with E-state index in [0.29, 0.717) is 29.7 Å². The van der Waals surface area contributed by atoms with E-state index in [4.69, 9.17) is 11.6 Å². The molecule has 2 aromatic carbocycles. The van der Waals surface area contributed by atoms with Crippen molar-refractivity contribution < 1.29 is 22.4 Å². The van der Waals surface area contributed by atoms with Crippen molar-refractivity contribution in [1.82, 2.24) is 30.6 Å². The fraction of sp³-hybridized carbons (Fsp3) is 0.182. The maximum absolute atomic E-state index is 14.6. The number of alkyl halides is 3. The van der Waals surface area contributed by atoms with Crippen LogP contribution >= 0.6 is 11.6 Å². The molecule has 0 radical (unpaired) electrons. The highest BCUT2D eigenvalue weighted by Gasteiger charge is 2.53. The molecule has 1 fully saturated rings. The Balaban J connectivity index is 1.48. The second-order valence-electron chi connectivity index (χ2n) is 7.94. The van der Waals surface area contributed by atoms with Crippen LogP contribution in [-0.2, 0) is 16.4 Å². The average molecular weight is 504 g/mol. The predicted molar refractivity (Wildman–Crippen MR) is 117 cm³/mol. The van der Waals surface area contributed by atoms with Gasteiger partial charge in [-0.1, -0.05) is 29.8 Å². The maximum Gasteiger partial charge on any atom is 0.451 e. The third-order valence-corrected chi connectivity index (χ3v) is 6.04. The van der Waals surface area contributed by atoms with Gasteiger partial charge in [0, 0.05) is 34.8 Å². The molecule has 1 aliphatic rings. The van der Waals surface area contributed by atoms with Gasteiger partial charge in [0.2, 0.25) is 11.7 Å². The van der Waals surface area contributed by atoms with Crippen molar-refractivity contribution in [3.8, 4) is 22.5 Å². The summed E-state index contributed by atoms with van der Waals surface area (Å²) in [5.74, 6) is -2.10. The lowest BCUT2D eigenvalue weighted by Gasteiger charge is -2.18. The summed E-state index contributed by atoms with van der Waals surface area (Å²) in [6, 6.07) is 9.21. The number of tetrazole rings is 1. The van der Waals surface area contributed by atoms with Crippen LogP contribution in [0.1, 0.15) is 24.2 Å². The number of halogens is 5. The molecule has 0 spiro atoms. The highest BCUT2D eigenvalue weighted by atomic mass is 35.5. The molecule has 0 atom stereocenters. The minimum Gasteiger partial charge on any atom is -0.325 e. The molecule has 2 N–H and O–H groups in total. The van der Waals surface area contributed by atoms with E-state index >= 15 is 0 Å². The molecule has 2 heterocycles. The molecule has 0 unspecified atom stereocenters. The van der Waals surface area contributed by atoms with Crippen molar-refractivity contribution in [2.75, 3.05) is 5.32 Å². The zero-order chi connectivity index (χ0) is 24.8. The summed E-state index contributed by atoms with van der Waals surface area (Å²) in [7, 11) is 0. The molecule has 0 aliphatic heterocycles. The summed E-state index contributed by atoms with van der Waals surface area (Å²) in [5, 5.41) is 16.3. The molecule has 4 aromatic rings. The molecular formula is C22H14ClF4N7O.